The molecule has 0 aromatic heterocycles. The van der Waals surface area contributed by atoms with E-state index in [-0.39, 0.29) is 17.2 Å². The minimum atomic E-state index is -3.04. The van der Waals surface area contributed by atoms with Crippen molar-refractivity contribution in [3.63, 3.8) is 0 Å². The number of amides is 1. The lowest BCUT2D eigenvalue weighted by molar-refractivity contribution is -0.137. The molecule has 4 heterocycles. The lowest BCUT2D eigenvalue weighted by Gasteiger charge is -2.38. The zero-order valence-corrected chi connectivity index (χ0v) is 12.8. The number of carbonyl (C=O) groups is 1. The lowest BCUT2D eigenvalue weighted by Crippen LogP contribution is -2.57. The molecule has 0 saturated carbocycles. The van der Waals surface area contributed by atoms with Crippen LogP contribution in [0.5, 0.6) is 0 Å². The standard InChI is InChI=1S/C13H23N3O3S/c1-20(18,19)11-3-6-16(9-11)13(17)12-10-14-4-2-5-15(12)8-7-14/h11-12H,2-10H2,1H3. The van der Waals surface area contributed by atoms with E-state index in [9.17, 15) is 13.2 Å². The fraction of sp³-hybridized carbons (Fsp3) is 0.923. The van der Waals surface area contributed by atoms with Gasteiger partial charge in [-0.15, -0.1) is 0 Å². The highest BCUT2D eigenvalue weighted by molar-refractivity contribution is 7.91. The molecule has 6 nitrogen and oxygen atoms in total. The summed E-state index contributed by atoms with van der Waals surface area (Å²) >= 11 is 0. The fourth-order valence-electron chi connectivity index (χ4n) is 3.57. The Kier molecular flexibility index (Phi) is 3.77. The Balaban J connectivity index is 1.68. The van der Waals surface area contributed by atoms with Crippen LogP contribution in [-0.4, -0.2) is 92.4 Å². The number of rotatable bonds is 2. The van der Waals surface area contributed by atoms with Crippen molar-refractivity contribution in [2.45, 2.75) is 24.1 Å². The maximum atomic E-state index is 12.7. The lowest BCUT2D eigenvalue weighted by atomic mass is 10.1. The second-order valence-corrected chi connectivity index (χ2v) is 8.56. The van der Waals surface area contributed by atoms with E-state index in [1.54, 1.807) is 4.90 Å². The highest BCUT2D eigenvalue weighted by Crippen LogP contribution is 2.22. The molecule has 0 N–H and O–H groups in total. The number of likely N-dealkylation sites (tertiary alicyclic amines) is 1. The van der Waals surface area contributed by atoms with Gasteiger partial charge in [0.15, 0.2) is 9.84 Å². The molecule has 2 bridgehead atoms. The molecule has 0 spiro atoms. The first-order valence-electron chi connectivity index (χ1n) is 7.39. The number of sulfone groups is 1. The van der Waals surface area contributed by atoms with E-state index in [1.807, 2.05) is 0 Å². The Hall–Kier alpha value is -0.660. The van der Waals surface area contributed by atoms with Gasteiger partial charge in [-0.25, -0.2) is 8.42 Å². The number of nitrogens with zero attached hydrogens (tertiary/aromatic N) is 3. The molecule has 7 heteroatoms. The van der Waals surface area contributed by atoms with Crippen molar-refractivity contribution >= 4 is 15.7 Å². The second kappa shape index (κ2) is 5.27. The van der Waals surface area contributed by atoms with Crippen molar-refractivity contribution in [3.05, 3.63) is 0 Å². The van der Waals surface area contributed by atoms with Crippen molar-refractivity contribution in [1.82, 2.24) is 14.7 Å². The predicted molar refractivity (Wildman–Crippen MR) is 76.2 cm³/mol. The van der Waals surface area contributed by atoms with Crippen molar-refractivity contribution in [1.29, 1.82) is 0 Å². The summed E-state index contributed by atoms with van der Waals surface area (Å²) in [5, 5.41) is -0.371. The first-order chi connectivity index (χ1) is 9.45. The first-order valence-corrected chi connectivity index (χ1v) is 9.34. The van der Waals surface area contributed by atoms with Crippen LogP contribution < -0.4 is 0 Å². The van der Waals surface area contributed by atoms with Gasteiger partial charge < -0.3 is 4.90 Å². The topological polar surface area (TPSA) is 60.9 Å². The van der Waals surface area contributed by atoms with Crippen LogP contribution in [0.3, 0.4) is 0 Å². The van der Waals surface area contributed by atoms with Crippen LogP contribution in [-0.2, 0) is 14.6 Å². The molecule has 4 rings (SSSR count). The van der Waals surface area contributed by atoms with Crippen LogP contribution >= 0.6 is 0 Å². The average Bonchev–Trinajstić information content (AvgIpc) is 2.69. The van der Waals surface area contributed by atoms with E-state index < -0.39 is 9.84 Å². The molecule has 0 aliphatic carbocycles. The van der Waals surface area contributed by atoms with Crippen LogP contribution in [0.2, 0.25) is 0 Å². The van der Waals surface area contributed by atoms with Gasteiger partial charge >= 0.3 is 0 Å². The smallest absolute Gasteiger partial charge is 0.241 e. The van der Waals surface area contributed by atoms with Crippen LogP contribution in [0.4, 0.5) is 0 Å². The zero-order valence-electron chi connectivity index (χ0n) is 12.0. The van der Waals surface area contributed by atoms with Gasteiger partial charge in [0.1, 0.15) is 6.04 Å². The molecule has 1 amide bonds. The highest BCUT2D eigenvalue weighted by atomic mass is 32.2. The van der Waals surface area contributed by atoms with Crippen LogP contribution in [0.15, 0.2) is 0 Å². The summed E-state index contributed by atoms with van der Waals surface area (Å²) in [6, 6.07) is -0.0652. The molecule has 20 heavy (non-hydrogen) atoms. The quantitative estimate of drug-likeness (QED) is 0.656. The van der Waals surface area contributed by atoms with E-state index in [0.29, 0.717) is 19.5 Å². The third-order valence-corrected chi connectivity index (χ3v) is 6.44. The van der Waals surface area contributed by atoms with E-state index >= 15 is 0 Å². The Morgan fingerprint density at radius 1 is 1.05 bits per heavy atom. The summed E-state index contributed by atoms with van der Waals surface area (Å²) < 4.78 is 23.2. The van der Waals surface area contributed by atoms with Gasteiger partial charge in [-0.05, 0) is 19.4 Å². The summed E-state index contributed by atoms with van der Waals surface area (Å²) in [5.74, 6) is 0.128. The third-order valence-electron chi connectivity index (χ3n) is 4.84. The van der Waals surface area contributed by atoms with Gasteiger partial charge in [0.2, 0.25) is 5.91 Å². The molecule has 4 saturated heterocycles. The van der Waals surface area contributed by atoms with E-state index in [4.69, 9.17) is 0 Å². The number of piperazine rings is 1. The highest BCUT2D eigenvalue weighted by Gasteiger charge is 2.40. The molecule has 4 fully saturated rings. The Morgan fingerprint density at radius 2 is 1.85 bits per heavy atom. The third kappa shape index (κ3) is 2.71. The predicted octanol–water partition coefficient (Wildman–Crippen LogP) is -0.978. The summed E-state index contributed by atoms with van der Waals surface area (Å²) in [4.78, 5) is 19.1. The van der Waals surface area contributed by atoms with E-state index in [1.165, 1.54) is 6.26 Å². The van der Waals surface area contributed by atoms with Crippen molar-refractivity contribution in [2.75, 3.05) is 52.1 Å². The maximum Gasteiger partial charge on any atom is 0.241 e. The molecular formula is C13H23N3O3S. The van der Waals surface area contributed by atoms with Crippen molar-refractivity contribution in [3.8, 4) is 0 Å². The Labute approximate surface area is 120 Å². The Bertz CT molecular complexity index is 489. The number of fused-ring (bicyclic) bond motifs is 4. The minimum absolute atomic E-state index is 0.0652. The maximum absolute atomic E-state index is 12.7. The summed E-state index contributed by atoms with van der Waals surface area (Å²) in [7, 11) is -3.04. The molecular weight excluding hydrogens is 278 g/mol. The molecule has 0 aromatic carbocycles. The van der Waals surface area contributed by atoms with E-state index in [0.717, 1.165) is 39.1 Å². The fourth-order valence-corrected chi connectivity index (χ4v) is 4.55. The molecule has 0 aromatic rings. The Morgan fingerprint density at radius 3 is 2.55 bits per heavy atom. The average molecular weight is 301 g/mol. The van der Waals surface area contributed by atoms with Crippen molar-refractivity contribution in [2.24, 2.45) is 0 Å². The molecule has 4 aliphatic rings. The van der Waals surface area contributed by atoms with Gasteiger partial charge in [-0.2, -0.15) is 0 Å². The summed E-state index contributed by atoms with van der Waals surface area (Å²) in [6.07, 6.45) is 2.98. The van der Waals surface area contributed by atoms with Gasteiger partial charge in [-0.3, -0.25) is 14.6 Å². The minimum Gasteiger partial charge on any atom is -0.340 e. The SMILES string of the molecule is CS(=O)(=O)C1CCN(C(=O)C2CN3CCCN2CC3)C1. The molecule has 4 unspecified atom stereocenters. The van der Waals surface area contributed by atoms with Gasteiger partial charge in [0, 0.05) is 45.5 Å². The number of carbonyl (C=O) groups excluding carboxylic acids is 1. The summed E-state index contributed by atoms with van der Waals surface area (Å²) in [6.45, 7) is 5.83. The number of hydrogen-bond donors (Lipinski definition) is 0. The van der Waals surface area contributed by atoms with Crippen molar-refractivity contribution < 1.29 is 13.2 Å². The van der Waals surface area contributed by atoms with Crippen LogP contribution in [0.1, 0.15) is 12.8 Å². The molecule has 4 atom stereocenters. The normalized spacial score (nSPS) is 38.0. The molecule has 4 aliphatic heterocycles. The monoisotopic (exact) mass is 301 g/mol. The second-order valence-electron chi connectivity index (χ2n) is 6.23. The van der Waals surface area contributed by atoms with Gasteiger partial charge in [-0.1, -0.05) is 0 Å². The van der Waals surface area contributed by atoms with Gasteiger partial charge in [0.05, 0.1) is 5.25 Å². The van der Waals surface area contributed by atoms with Crippen LogP contribution in [0, 0.1) is 0 Å². The molecule has 114 valence electrons. The largest absolute Gasteiger partial charge is 0.340 e. The summed E-state index contributed by atoms with van der Waals surface area (Å²) in [5.41, 5.74) is 0. The first kappa shape index (κ1) is 14.3. The van der Waals surface area contributed by atoms with Gasteiger partial charge in [0.25, 0.3) is 0 Å². The van der Waals surface area contributed by atoms with Crippen LogP contribution in [0.25, 0.3) is 0 Å². The van der Waals surface area contributed by atoms with E-state index in [2.05, 4.69) is 9.80 Å². The number of hydrogen-bond acceptors (Lipinski definition) is 5. The zero-order chi connectivity index (χ0) is 14.3. The molecule has 0 radical (unpaired) electrons.